The Morgan fingerprint density at radius 3 is 2.64 bits per heavy atom. The van der Waals surface area contributed by atoms with Crippen LogP contribution in [0.5, 0.6) is 0 Å². The molecule has 0 amide bonds. The van der Waals surface area contributed by atoms with Crippen molar-refractivity contribution in [3.05, 3.63) is 48.3 Å². The summed E-state index contributed by atoms with van der Waals surface area (Å²) in [6, 6.07) is 10.3. The van der Waals surface area contributed by atoms with E-state index >= 15 is 0 Å². The second-order valence-corrected chi connectivity index (χ2v) is 5.99. The molecule has 1 aromatic heterocycles. The lowest BCUT2D eigenvalue weighted by molar-refractivity contribution is -0.0154. The number of nitrogens with one attached hydrogen (secondary N) is 1. The molecule has 1 aliphatic heterocycles. The van der Waals surface area contributed by atoms with Gasteiger partial charge < -0.3 is 15.2 Å². The Morgan fingerprint density at radius 1 is 1.23 bits per heavy atom. The fourth-order valence-corrected chi connectivity index (χ4v) is 2.86. The van der Waals surface area contributed by atoms with Crippen molar-refractivity contribution >= 4 is 0 Å². The van der Waals surface area contributed by atoms with E-state index in [1.165, 1.54) is 5.56 Å². The maximum atomic E-state index is 9.68. The van der Waals surface area contributed by atoms with Gasteiger partial charge in [0.25, 0.3) is 0 Å². The van der Waals surface area contributed by atoms with Gasteiger partial charge in [0, 0.05) is 44.1 Å². The average molecular weight is 301 g/mol. The number of nitrogens with zero attached hydrogens (tertiary/aromatic N) is 2. The minimum Gasteiger partial charge on any atom is -0.396 e. The molecule has 2 N–H and O–H groups in total. The molecule has 0 aliphatic carbocycles. The molecule has 22 heavy (non-hydrogen) atoms. The molecule has 5 heteroatoms. The van der Waals surface area contributed by atoms with Gasteiger partial charge in [0.1, 0.15) is 0 Å². The molecule has 0 atom stereocenters. The number of aliphatic hydroxyl groups is 1. The van der Waals surface area contributed by atoms with Gasteiger partial charge >= 0.3 is 0 Å². The summed E-state index contributed by atoms with van der Waals surface area (Å²) in [4.78, 5) is 0. The highest BCUT2D eigenvalue weighted by atomic mass is 16.5. The summed E-state index contributed by atoms with van der Waals surface area (Å²) < 4.78 is 7.24. The van der Waals surface area contributed by atoms with Crippen LogP contribution in [-0.2, 0) is 11.3 Å². The monoisotopic (exact) mass is 301 g/mol. The minimum atomic E-state index is -0.0206. The molecule has 3 rings (SSSR count). The van der Waals surface area contributed by atoms with Crippen molar-refractivity contribution in [2.75, 3.05) is 26.4 Å². The predicted molar refractivity (Wildman–Crippen MR) is 84.8 cm³/mol. The standard InChI is InChI=1S/C17H23N3O2/c21-14-17(6-10-22-11-7-17)13-18-12-15-2-4-16(5-3-15)20-9-1-8-19-20/h1-5,8-9,18,21H,6-7,10-14H2. The fraction of sp³-hybridized carbons (Fsp3) is 0.471. The number of aromatic nitrogens is 2. The summed E-state index contributed by atoms with van der Waals surface area (Å²) in [6.07, 6.45) is 5.56. The smallest absolute Gasteiger partial charge is 0.0645 e. The molecule has 1 fully saturated rings. The lowest BCUT2D eigenvalue weighted by Crippen LogP contribution is -2.41. The van der Waals surface area contributed by atoms with E-state index in [1.54, 1.807) is 6.20 Å². The third-order valence-electron chi connectivity index (χ3n) is 4.42. The third kappa shape index (κ3) is 3.55. The number of hydrogen-bond donors (Lipinski definition) is 2. The van der Waals surface area contributed by atoms with E-state index in [9.17, 15) is 5.11 Å². The molecule has 1 saturated heterocycles. The van der Waals surface area contributed by atoms with Gasteiger partial charge in [-0.3, -0.25) is 0 Å². The summed E-state index contributed by atoms with van der Waals surface area (Å²) in [7, 11) is 0. The van der Waals surface area contributed by atoms with E-state index in [0.29, 0.717) is 0 Å². The highest BCUT2D eigenvalue weighted by Crippen LogP contribution is 2.29. The minimum absolute atomic E-state index is 0.0206. The highest BCUT2D eigenvalue weighted by molar-refractivity contribution is 5.33. The number of hydrogen-bond acceptors (Lipinski definition) is 4. The quantitative estimate of drug-likeness (QED) is 0.853. The molecule has 118 valence electrons. The number of rotatable bonds is 6. The van der Waals surface area contributed by atoms with Gasteiger partial charge in [-0.1, -0.05) is 12.1 Å². The van der Waals surface area contributed by atoms with Crippen LogP contribution >= 0.6 is 0 Å². The van der Waals surface area contributed by atoms with Crippen molar-refractivity contribution in [2.45, 2.75) is 19.4 Å². The Labute approximate surface area is 130 Å². The van der Waals surface area contributed by atoms with E-state index < -0.39 is 0 Å². The van der Waals surface area contributed by atoms with Crippen molar-refractivity contribution in [1.29, 1.82) is 0 Å². The Bertz CT molecular complexity index is 560. The van der Waals surface area contributed by atoms with Crippen LogP contribution in [0.15, 0.2) is 42.7 Å². The van der Waals surface area contributed by atoms with Gasteiger partial charge in [-0.05, 0) is 36.6 Å². The van der Waals surface area contributed by atoms with Crippen LogP contribution in [0.3, 0.4) is 0 Å². The maximum absolute atomic E-state index is 9.68. The summed E-state index contributed by atoms with van der Waals surface area (Å²) in [5.74, 6) is 0. The van der Waals surface area contributed by atoms with Crippen molar-refractivity contribution in [3.8, 4) is 5.69 Å². The summed E-state index contributed by atoms with van der Waals surface area (Å²) in [6.45, 7) is 3.36. The number of ether oxygens (including phenoxy) is 1. The molecule has 0 unspecified atom stereocenters. The van der Waals surface area contributed by atoms with Crippen molar-refractivity contribution in [2.24, 2.45) is 5.41 Å². The first-order valence-electron chi connectivity index (χ1n) is 7.80. The zero-order valence-electron chi connectivity index (χ0n) is 12.7. The lowest BCUT2D eigenvalue weighted by atomic mass is 9.81. The molecule has 1 aliphatic rings. The van der Waals surface area contributed by atoms with Crippen LogP contribution in [0.2, 0.25) is 0 Å². The number of aliphatic hydroxyl groups excluding tert-OH is 1. The maximum Gasteiger partial charge on any atom is 0.0645 e. The van der Waals surface area contributed by atoms with Crippen molar-refractivity contribution in [3.63, 3.8) is 0 Å². The molecule has 2 heterocycles. The first-order valence-corrected chi connectivity index (χ1v) is 7.80. The zero-order valence-corrected chi connectivity index (χ0v) is 12.7. The molecule has 5 nitrogen and oxygen atoms in total. The lowest BCUT2D eigenvalue weighted by Gasteiger charge is -2.35. The third-order valence-corrected chi connectivity index (χ3v) is 4.42. The van der Waals surface area contributed by atoms with Gasteiger partial charge in [0.05, 0.1) is 12.3 Å². The zero-order chi connectivity index (χ0) is 15.3. The molecule has 0 saturated carbocycles. The Kier molecular flexibility index (Phi) is 4.87. The van der Waals surface area contributed by atoms with E-state index in [0.717, 1.165) is 44.8 Å². The molecule has 0 radical (unpaired) electrons. The van der Waals surface area contributed by atoms with E-state index in [2.05, 4.69) is 34.7 Å². The molecule has 2 aromatic rings. The second-order valence-electron chi connectivity index (χ2n) is 5.99. The largest absolute Gasteiger partial charge is 0.396 e. The van der Waals surface area contributed by atoms with E-state index in [-0.39, 0.29) is 12.0 Å². The summed E-state index contributed by atoms with van der Waals surface area (Å²) in [5.41, 5.74) is 2.27. The topological polar surface area (TPSA) is 59.3 Å². The average Bonchev–Trinajstić information content (AvgIpc) is 3.11. The summed E-state index contributed by atoms with van der Waals surface area (Å²) in [5, 5.41) is 17.4. The normalized spacial score (nSPS) is 17.5. The predicted octanol–water partition coefficient (Wildman–Crippen LogP) is 1.75. The molecular formula is C17H23N3O2. The summed E-state index contributed by atoms with van der Waals surface area (Å²) >= 11 is 0. The van der Waals surface area contributed by atoms with Gasteiger partial charge in [-0.15, -0.1) is 0 Å². The SMILES string of the molecule is OCC1(CNCc2ccc(-n3cccn3)cc2)CCOCC1. The Hall–Kier alpha value is -1.69. The van der Waals surface area contributed by atoms with Crippen LogP contribution < -0.4 is 5.32 Å². The first-order chi connectivity index (χ1) is 10.8. The van der Waals surface area contributed by atoms with Crippen LogP contribution in [0.1, 0.15) is 18.4 Å². The van der Waals surface area contributed by atoms with E-state index in [4.69, 9.17) is 4.74 Å². The van der Waals surface area contributed by atoms with Crippen molar-refractivity contribution < 1.29 is 9.84 Å². The van der Waals surface area contributed by atoms with E-state index in [1.807, 2.05) is 16.9 Å². The van der Waals surface area contributed by atoms with Gasteiger partial charge in [0.2, 0.25) is 0 Å². The van der Waals surface area contributed by atoms with Gasteiger partial charge in [0.15, 0.2) is 0 Å². The van der Waals surface area contributed by atoms with Crippen LogP contribution in [0.25, 0.3) is 5.69 Å². The van der Waals surface area contributed by atoms with Gasteiger partial charge in [-0.2, -0.15) is 5.10 Å². The first kappa shape index (κ1) is 15.2. The second kappa shape index (κ2) is 7.05. The highest BCUT2D eigenvalue weighted by Gasteiger charge is 2.31. The van der Waals surface area contributed by atoms with Crippen LogP contribution in [0, 0.1) is 5.41 Å². The Balaban J connectivity index is 1.53. The van der Waals surface area contributed by atoms with Crippen LogP contribution in [0.4, 0.5) is 0 Å². The molecule has 0 spiro atoms. The van der Waals surface area contributed by atoms with Gasteiger partial charge in [-0.25, -0.2) is 4.68 Å². The molecular weight excluding hydrogens is 278 g/mol. The molecule has 1 aromatic carbocycles. The number of benzene rings is 1. The molecule has 0 bridgehead atoms. The fourth-order valence-electron chi connectivity index (χ4n) is 2.86. The van der Waals surface area contributed by atoms with Crippen LogP contribution in [-0.4, -0.2) is 41.3 Å². The van der Waals surface area contributed by atoms with Crippen molar-refractivity contribution in [1.82, 2.24) is 15.1 Å². The Morgan fingerprint density at radius 2 is 2.00 bits per heavy atom.